The molecule has 0 aliphatic carbocycles. The van der Waals surface area contributed by atoms with E-state index in [0.717, 1.165) is 24.3 Å². The van der Waals surface area contributed by atoms with E-state index in [9.17, 15) is 40.7 Å². The van der Waals surface area contributed by atoms with Crippen molar-refractivity contribution in [3.63, 3.8) is 0 Å². The number of urea groups is 1. The minimum absolute atomic E-state index is 0.228. The summed E-state index contributed by atoms with van der Waals surface area (Å²) in [7, 11) is 0. The minimum atomic E-state index is -4.91. The number of carbonyl (C=O) groups excluding carboxylic acids is 3. The third-order valence-corrected chi connectivity index (χ3v) is 2.36. The molecule has 0 aliphatic rings. The fourth-order valence-electron chi connectivity index (χ4n) is 1.39. The second-order valence-electron chi connectivity index (χ2n) is 4.49. The Balaban J connectivity index is 2.43. The summed E-state index contributed by atoms with van der Waals surface area (Å²) in [5.41, 5.74) is -0.228. The van der Waals surface area contributed by atoms with Gasteiger partial charge >= 0.3 is 24.5 Å². The quantitative estimate of drug-likeness (QED) is 0.596. The van der Waals surface area contributed by atoms with Crippen molar-refractivity contribution in [1.29, 1.82) is 0 Å². The van der Waals surface area contributed by atoms with E-state index in [2.05, 4.69) is 9.47 Å². The Morgan fingerprint density at radius 2 is 1.54 bits per heavy atom. The van der Waals surface area contributed by atoms with Crippen LogP contribution in [-0.2, 0) is 9.53 Å². The molecule has 144 valence electrons. The maximum Gasteiger partial charge on any atom is 0.573 e. The summed E-state index contributed by atoms with van der Waals surface area (Å²) in [4.78, 5) is 33.8. The molecule has 0 saturated carbocycles. The van der Waals surface area contributed by atoms with Crippen LogP contribution in [0, 0.1) is 0 Å². The Morgan fingerprint density at radius 1 is 0.962 bits per heavy atom. The molecule has 0 heterocycles. The smallest absolute Gasteiger partial charge is 0.452 e. The zero-order valence-electron chi connectivity index (χ0n) is 12.5. The molecule has 0 fully saturated rings. The molecule has 1 aromatic rings. The average molecular weight is 388 g/mol. The molecule has 3 amide bonds. The molecule has 0 aliphatic heterocycles. The van der Waals surface area contributed by atoms with Gasteiger partial charge in [-0.1, -0.05) is 0 Å². The second-order valence-corrected chi connectivity index (χ2v) is 4.49. The van der Waals surface area contributed by atoms with Gasteiger partial charge in [0.2, 0.25) is 0 Å². The van der Waals surface area contributed by atoms with Crippen LogP contribution in [0.2, 0.25) is 0 Å². The maximum absolute atomic E-state index is 12.0. The summed E-state index contributed by atoms with van der Waals surface area (Å²) in [6.07, 6.45) is -9.58. The Hall–Kier alpha value is -2.99. The Bertz CT molecular complexity index is 656. The van der Waals surface area contributed by atoms with E-state index in [4.69, 9.17) is 0 Å². The van der Waals surface area contributed by atoms with Gasteiger partial charge in [0.15, 0.2) is 6.61 Å². The van der Waals surface area contributed by atoms with Crippen molar-refractivity contribution in [2.24, 2.45) is 0 Å². The highest BCUT2D eigenvalue weighted by Crippen LogP contribution is 2.22. The van der Waals surface area contributed by atoms with Gasteiger partial charge in [-0.2, -0.15) is 13.2 Å². The highest BCUT2D eigenvalue weighted by molar-refractivity contribution is 5.97. The summed E-state index contributed by atoms with van der Waals surface area (Å²) < 4.78 is 79.5. The van der Waals surface area contributed by atoms with Crippen molar-refractivity contribution in [3.05, 3.63) is 29.8 Å². The van der Waals surface area contributed by atoms with Gasteiger partial charge in [-0.15, -0.1) is 13.2 Å². The standard InChI is InChI=1S/C13H10F6N2O5/c14-12(15,16)6-20-11(24)21-9(22)5-25-10(23)7-1-3-8(4-2-7)26-13(17,18)19/h1-4H,5-6H2,(H2,20,21,22,24). The molecule has 2 N–H and O–H groups in total. The van der Waals surface area contributed by atoms with Gasteiger partial charge in [0.05, 0.1) is 5.56 Å². The Labute approximate surface area is 141 Å². The van der Waals surface area contributed by atoms with E-state index in [-0.39, 0.29) is 5.56 Å². The number of esters is 1. The number of hydrogen-bond acceptors (Lipinski definition) is 5. The van der Waals surface area contributed by atoms with Crippen LogP contribution in [0.4, 0.5) is 31.1 Å². The number of imide groups is 1. The number of carbonyl (C=O) groups is 3. The molecule has 1 rings (SSSR count). The van der Waals surface area contributed by atoms with E-state index < -0.39 is 49.3 Å². The fourth-order valence-corrected chi connectivity index (χ4v) is 1.39. The predicted molar refractivity (Wildman–Crippen MR) is 71.0 cm³/mol. The molecular weight excluding hydrogens is 378 g/mol. The van der Waals surface area contributed by atoms with Gasteiger partial charge in [0.25, 0.3) is 5.91 Å². The van der Waals surface area contributed by atoms with Crippen LogP contribution in [0.25, 0.3) is 0 Å². The molecule has 1 aromatic carbocycles. The third-order valence-electron chi connectivity index (χ3n) is 2.36. The van der Waals surface area contributed by atoms with Gasteiger partial charge < -0.3 is 14.8 Å². The van der Waals surface area contributed by atoms with E-state index >= 15 is 0 Å². The van der Waals surface area contributed by atoms with Gasteiger partial charge in [-0.05, 0) is 24.3 Å². The minimum Gasteiger partial charge on any atom is -0.452 e. The molecule has 0 saturated heterocycles. The topological polar surface area (TPSA) is 93.7 Å². The number of amides is 3. The van der Waals surface area contributed by atoms with Gasteiger partial charge in [-0.3, -0.25) is 10.1 Å². The highest BCUT2D eigenvalue weighted by Gasteiger charge is 2.31. The third kappa shape index (κ3) is 8.75. The largest absolute Gasteiger partial charge is 0.573 e. The van der Waals surface area contributed by atoms with Crippen molar-refractivity contribution >= 4 is 17.9 Å². The summed E-state index contributed by atoms with van der Waals surface area (Å²) in [6.45, 7) is -2.67. The predicted octanol–water partition coefficient (Wildman–Crippen LogP) is 2.13. The highest BCUT2D eigenvalue weighted by atomic mass is 19.4. The fraction of sp³-hybridized carbons (Fsp3) is 0.308. The number of hydrogen-bond donors (Lipinski definition) is 2. The Morgan fingerprint density at radius 3 is 2.04 bits per heavy atom. The molecule has 0 radical (unpaired) electrons. The van der Waals surface area contributed by atoms with Gasteiger partial charge in [0, 0.05) is 0 Å². The zero-order chi connectivity index (χ0) is 20.0. The van der Waals surface area contributed by atoms with Crippen LogP contribution >= 0.6 is 0 Å². The number of benzene rings is 1. The molecule has 0 atom stereocenters. The number of ether oxygens (including phenoxy) is 2. The molecule has 13 heteroatoms. The van der Waals surface area contributed by atoms with Crippen molar-refractivity contribution in [2.45, 2.75) is 12.5 Å². The lowest BCUT2D eigenvalue weighted by atomic mass is 10.2. The van der Waals surface area contributed by atoms with Crippen molar-refractivity contribution in [3.8, 4) is 5.75 Å². The zero-order valence-corrected chi connectivity index (χ0v) is 12.5. The van der Waals surface area contributed by atoms with Crippen LogP contribution in [0.5, 0.6) is 5.75 Å². The van der Waals surface area contributed by atoms with Gasteiger partial charge in [-0.25, -0.2) is 9.59 Å². The molecule has 0 bridgehead atoms. The average Bonchev–Trinajstić information content (AvgIpc) is 2.49. The molecular formula is C13H10F6N2O5. The lowest BCUT2D eigenvalue weighted by Gasteiger charge is -2.10. The van der Waals surface area contributed by atoms with Crippen LogP contribution in [0.1, 0.15) is 10.4 Å². The molecule has 0 spiro atoms. The molecule has 7 nitrogen and oxygen atoms in total. The first kappa shape index (κ1) is 21.1. The van der Waals surface area contributed by atoms with Crippen LogP contribution in [-0.4, -0.2) is 43.6 Å². The summed E-state index contributed by atoms with van der Waals surface area (Å²) in [6, 6.07) is 2.06. The van der Waals surface area contributed by atoms with E-state index in [1.807, 2.05) is 0 Å². The summed E-state index contributed by atoms with van der Waals surface area (Å²) in [5, 5.41) is 2.84. The molecule has 0 aromatic heterocycles. The van der Waals surface area contributed by atoms with E-state index in [0.29, 0.717) is 0 Å². The second kappa shape index (κ2) is 8.40. The summed E-state index contributed by atoms with van der Waals surface area (Å²) >= 11 is 0. The van der Waals surface area contributed by atoms with Crippen molar-refractivity contribution < 1.29 is 50.2 Å². The van der Waals surface area contributed by atoms with Gasteiger partial charge in [0.1, 0.15) is 12.3 Å². The van der Waals surface area contributed by atoms with E-state index in [1.54, 1.807) is 0 Å². The first-order valence-electron chi connectivity index (χ1n) is 6.53. The number of halogens is 6. The SMILES string of the molecule is O=C(COC(=O)c1ccc(OC(F)(F)F)cc1)NC(=O)NCC(F)(F)F. The van der Waals surface area contributed by atoms with E-state index in [1.165, 1.54) is 10.6 Å². The lowest BCUT2D eigenvalue weighted by molar-refractivity contribution is -0.274. The normalized spacial score (nSPS) is 11.5. The lowest BCUT2D eigenvalue weighted by Crippen LogP contribution is -2.44. The first-order chi connectivity index (χ1) is 11.9. The Kier molecular flexibility index (Phi) is 6.80. The monoisotopic (exact) mass is 388 g/mol. The van der Waals surface area contributed by atoms with Crippen molar-refractivity contribution in [1.82, 2.24) is 10.6 Å². The number of nitrogens with one attached hydrogen (secondary N) is 2. The molecule has 0 unspecified atom stereocenters. The van der Waals surface area contributed by atoms with Crippen LogP contribution in [0.15, 0.2) is 24.3 Å². The number of alkyl halides is 6. The molecule has 26 heavy (non-hydrogen) atoms. The number of rotatable bonds is 5. The van der Waals surface area contributed by atoms with Crippen LogP contribution in [0.3, 0.4) is 0 Å². The summed E-state index contributed by atoms with van der Waals surface area (Å²) in [5.74, 6) is -2.92. The van der Waals surface area contributed by atoms with Crippen LogP contribution < -0.4 is 15.4 Å². The van der Waals surface area contributed by atoms with Crippen molar-refractivity contribution in [2.75, 3.05) is 13.2 Å². The first-order valence-corrected chi connectivity index (χ1v) is 6.53. The maximum atomic E-state index is 12.0.